The van der Waals surface area contributed by atoms with E-state index >= 15 is 0 Å². The van der Waals surface area contributed by atoms with E-state index in [1.807, 2.05) is 20.8 Å². The second-order valence-corrected chi connectivity index (χ2v) is 6.30. The van der Waals surface area contributed by atoms with Gasteiger partial charge in [-0.2, -0.15) is 9.89 Å². The molecular weight excluding hydrogens is 274 g/mol. The molecule has 1 unspecified atom stereocenters. The van der Waals surface area contributed by atoms with Crippen LogP contribution in [0.25, 0.3) is 0 Å². The first-order valence-corrected chi connectivity index (χ1v) is 7.07. The highest BCUT2D eigenvalue weighted by Gasteiger charge is 2.51. The van der Waals surface area contributed by atoms with E-state index in [1.165, 1.54) is 0 Å². The Balaban J connectivity index is 2.45. The molecule has 7 heteroatoms. The second-order valence-electron chi connectivity index (χ2n) is 6.30. The number of nitrogens with one attached hydrogen (secondary N) is 1. The summed E-state index contributed by atoms with van der Waals surface area (Å²) in [5, 5.41) is 16.6. The first-order chi connectivity index (χ1) is 9.73. The number of nitrogens with zero attached hydrogens (tertiary/aromatic N) is 2. The zero-order valence-electron chi connectivity index (χ0n) is 12.9. The van der Waals surface area contributed by atoms with Crippen LogP contribution < -0.4 is 0 Å². The van der Waals surface area contributed by atoms with Gasteiger partial charge in [0.15, 0.2) is 5.69 Å². The normalized spacial score (nSPS) is 21.7. The van der Waals surface area contributed by atoms with Gasteiger partial charge in [-0.15, -0.1) is 0 Å². The highest BCUT2D eigenvalue weighted by Crippen LogP contribution is 2.34. The van der Waals surface area contributed by atoms with Crippen molar-refractivity contribution in [3.8, 4) is 0 Å². The number of ether oxygens (including phenoxy) is 1. The minimum Gasteiger partial charge on any atom is -0.461 e. The van der Waals surface area contributed by atoms with Crippen molar-refractivity contribution in [2.24, 2.45) is 0 Å². The van der Waals surface area contributed by atoms with Gasteiger partial charge in [-0.05, 0) is 27.7 Å². The van der Waals surface area contributed by atoms with Gasteiger partial charge in [0.25, 0.3) is 0 Å². The van der Waals surface area contributed by atoms with Crippen molar-refractivity contribution in [3.05, 3.63) is 17.0 Å². The Hall–Kier alpha value is -1.89. The molecule has 0 aliphatic carbocycles. The van der Waals surface area contributed by atoms with Gasteiger partial charge in [0, 0.05) is 6.42 Å². The van der Waals surface area contributed by atoms with Gasteiger partial charge >= 0.3 is 12.1 Å². The molecule has 1 aromatic rings. The number of quaternary nitrogens is 1. The van der Waals surface area contributed by atoms with Crippen molar-refractivity contribution in [1.82, 2.24) is 10.2 Å². The number of amides is 1. The topological polar surface area (TPSA) is 92.3 Å². The molecule has 0 fully saturated rings. The van der Waals surface area contributed by atoms with Crippen LogP contribution in [0.5, 0.6) is 0 Å². The molecule has 1 aromatic heterocycles. The maximum atomic E-state index is 11.9. The molecule has 7 nitrogen and oxygen atoms in total. The lowest BCUT2D eigenvalue weighted by atomic mass is 9.94. The summed E-state index contributed by atoms with van der Waals surface area (Å²) in [5.74, 6) is -0.505. The second kappa shape index (κ2) is 5.14. The number of hydrogen-bond acceptors (Lipinski definition) is 4. The zero-order chi connectivity index (χ0) is 15.8. The van der Waals surface area contributed by atoms with Crippen molar-refractivity contribution in [2.75, 3.05) is 13.2 Å². The summed E-state index contributed by atoms with van der Waals surface area (Å²) in [6.45, 7) is 8.39. The minimum atomic E-state index is -0.885. The molecular formula is C14H22N3O4+. The van der Waals surface area contributed by atoms with Crippen LogP contribution in [0, 0.1) is 0 Å². The van der Waals surface area contributed by atoms with Gasteiger partial charge in [0.1, 0.15) is 12.1 Å². The van der Waals surface area contributed by atoms with E-state index < -0.39 is 17.6 Å². The molecule has 2 heterocycles. The van der Waals surface area contributed by atoms with E-state index in [4.69, 9.17) is 4.74 Å². The predicted molar refractivity (Wildman–Crippen MR) is 74.9 cm³/mol. The number of aromatic amines is 1. The van der Waals surface area contributed by atoms with Gasteiger partial charge in [0.05, 0.1) is 24.4 Å². The van der Waals surface area contributed by atoms with Gasteiger partial charge in [-0.25, -0.2) is 9.28 Å². The molecule has 0 radical (unpaired) electrons. The average molecular weight is 296 g/mol. The number of hydrogen-bond donors (Lipinski definition) is 2. The van der Waals surface area contributed by atoms with Gasteiger partial charge in [0.2, 0.25) is 0 Å². The minimum absolute atomic E-state index is 0.119. The third kappa shape index (κ3) is 2.42. The molecule has 0 spiro atoms. The largest absolute Gasteiger partial charge is 0.514 e. The molecule has 0 bridgehead atoms. The van der Waals surface area contributed by atoms with Gasteiger partial charge < -0.3 is 9.84 Å². The summed E-state index contributed by atoms with van der Waals surface area (Å²) in [6.07, 6.45) is -0.338. The lowest BCUT2D eigenvalue weighted by Crippen LogP contribution is -2.64. The maximum absolute atomic E-state index is 11.9. The van der Waals surface area contributed by atoms with Crippen LogP contribution in [0.15, 0.2) is 0 Å². The van der Waals surface area contributed by atoms with E-state index in [0.717, 1.165) is 5.69 Å². The average Bonchev–Trinajstić information content (AvgIpc) is 2.79. The van der Waals surface area contributed by atoms with Crippen LogP contribution in [0.4, 0.5) is 4.79 Å². The Labute approximate surface area is 123 Å². The molecule has 1 aliphatic heterocycles. The lowest BCUT2D eigenvalue weighted by Gasteiger charge is -2.45. The van der Waals surface area contributed by atoms with Crippen LogP contribution in [-0.2, 0) is 17.7 Å². The molecule has 21 heavy (non-hydrogen) atoms. The van der Waals surface area contributed by atoms with E-state index in [0.29, 0.717) is 18.5 Å². The summed E-state index contributed by atoms with van der Waals surface area (Å²) >= 11 is 0. The molecule has 0 saturated carbocycles. The summed E-state index contributed by atoms with van der Waals surface area (Å²) in [6, 6.07) is 0. The SMILES string of the molecule is CCOC(=O)c1n[nH]c2c1C[N+](C(=O)O)(C(C)(C)C)CC2. The summed E-state index contributed by atoms with van der Waals surface area (Å²) < 4.78 is 4.87. The fraction of sp³-hybridized carbons (Fsp3) is 0.643. The Morgan fingerprint density at radius 1 is 1.43 bits per heavy atom. The summed E-state index contributed by atoms with van der Waals surface area (Å²) in [5.41, 5.74) is 1.22. The highest BCUT2D eigenvalue weighted by molar-refractivity contribution is 5.89. The van der Waals surface area contributed by atoms with Crippen LogP contribution in [0.3, 0.4) is 0 Å². The fourth-order valence-corrected chi connectivity index (χ4v) is 2.82. The number of aromatic nitrogens is 2. The predicted octanol–water partition coefficient (Wildman–Crippen LogP) is 1.94. The van der Waals surface area contributed by atoms with Gasteiger partial charge in [-0.1, -0.05) is 0 Å². The van der Waals surface area contributed by atoms with Crippen molar-refractivity contribution in [1.29, 1.82) is 0 Å². The standard InChI is InChI=1S/C14H21N3O4/c1-5-21-12(18)11-9-8-17(13(19)20,14(2,3)4)7-6-10(9)15-16-11/h5-8H2,1-4H3,(H-,15,16,18,19,20)/p+1. The quantitative estimate of drug-likeness (QED) is 0.642. The maximum Gasteiger partial charge on any atom is 0.514 e. The molecule has 2 N–H and O–H groups in total. The molecule has 0 aromatic carbocycles. The molecule has 0 saturated heterocycles. The number of H-pyrrole nitrogens is 1. The van der Waals surface area contributed by atoms with Crippen molar-refractivity contribution in [3.63, 3.8) is 0 Å². The Bertz CT molecular complexity index is 573. The van der Waals surface area contributed by atoms with Crippen LogP contribution in [-0.4, -0.2) is 50.5 Å². The van der Waals surface area contributed by atoms with Crippen molar-refractivity contribution < 1.29 is 23.9 Å². The highest BCUT2D eigenvalue weighted by atomic mass is 16.5. The lowest BCUT2D eigenvalue weighted by molar-refractivity contribution is -0.917. The zero-order valence-corrected chi connectivity index (χ0v) is 12.9. The first kappa shape index (κ1) is 15.5. The molecule has 1 amide bonds. The number of carbonyl (C=O) groups excluding carboxylic acids is 1. The number of carboxylic acid groups (broad SMARTS) is 1. The molecule has 2 rings (SSSR count). The van der Waals surface area contributed by atoms with E-state index in [9.17, 15) is 14.7 Å². The third-order valence-electron chi connectivity index (χ3n) is 4.24. The monoisotopic (exact) mass is 296 g/mol. The summed E-state index contributed by atoms with van der Waals surface area (Å²) in [7, 11) is 0. The smallest absolute Gasteiger partial charge is 0.461 e. The Morgan fingerprint density at radius 2 is 2.10 bits per heavy atom. The van der Waals surface area contributed by atoms with Crippen LogP contribution >= 0.6 is 0 Å². The van der Waals surface area contributed by atoms with Crippen LogP contribution in [0.2, 0.25) is 0 Å². The Kier molecular flexibility index (Phi) is 3.79. The van der Waals surface area contributed by atoms with E-state index in [1.54, 1.807) is 6.92 Å². The Morgan fingerprint density at radius 3 is 2.62 bits per heavy atom. The molecule has 116 valence electrons. The fourth-order valence-electron chi connectivity index (χ4n) is 2.82. The molecule has 1 aliphatic rings. The van der Waals surface area contributed by atoms with Crippen molar-refractivity contribution >= 4 is 12.1 Å². The number of rotatable bonds is 2. The van der Waals surface area contributed by atoms with E-state index in [-0.39, 0.29) is 23.3 Å². The first-order valence-electron chi connectivity index (χ1n) is 7.07. The van der Waals surface area contributed by atoms with Crippen molar-refractivity contribution in [2.45, 2.75) is 46.2 Å². The molecule has 1 atom stereocenters. The number of carbonyl (C=O) groups is 2. The number of esters is 1. The van der Waals surface area contributed by atoms with Gasteiger partial charge in [-0.3, -0.25) is 5.10 Å². The number of fused-ring (bicyclic) bond motifs is 1. The summed E-state index contributed by atoms with van der Waals surface area (Å²) in [4.78, 5) is 23.8. The third-order valence-corrected chi connectivity index (χ3v) is 4.24. The van der Waals surface area contributed by atoms with Crippen LogP contribution in [0.1, 0.15) is 49.4 Å². The van der Waals surface area contributed by atoms with E-state index in [2.05, 4.69) is 10.2 Å².